The second kappa shape index (κ2) is 4.32. The molecule has 1 aliphatic heterocycles. The van der Waals surface area contributed by atoms with Crippen molar-refractivity contribution < 1.29 is 14.5 Å². The van der Waals surface area contributed by atoms with Crippen LogP contribution in [0.2, 0.25) is 0 Å². The quantitative estimate of drug-likeness (QED) is 0.471. The molecule has 1 N–H and O–H groups in total. The molecule has 1 aromatic rings. The molecule has 1 aliphatic rings. The van der Waals surface area contributed by atoms with Crippen LogP contribution < -0.4 is 5.32 Å². The Bertz CT molecular complexity index is 498. The molecule has 2 amide bonds. The average molecular weight is 234 g/mol. The molecule has 1 heterocycles. The number of hydrogen-bond donors (Lipinski definition) is 1. The van der Waals surface area contributed by atoms with Gasteiger partial charge in [-0.3, -0.25) is 25.0 Å². The molecule has 1 saturated heterocycles. The number of nitro groups is 1. The van der Waals surface area contributed by atoms with Crippen LogP contribution in [0.1, 0.15) is 24.3 Å². The highest BCUT2D eigenvalue weighted by Gasteiger charge is 2.28. The van der Waals surface area contributed by atoms with Gasteiger partial charge in [0.1, 0.15) is 0 Å². The first-order valence-electron chi connectivity index (χ1n) is 5.16. The van der Waals surface area contributed by atoms with E-state index in [2.05, 4.69) is 5.32 Å². The summed E-state index contributed by atoms with van der Waals surface area (Å²) < 4.78 is 0. The standard InChI is InChI=1S/C11H10N2O4/c14-10-5-4-9(11(15)12-10)7-2-1-3-8(6-7)13(16)17/h1-3,6,9H,4-5H2,(H,12,14,15). The van der Waals surface area contributed by atoms with E-state index in [-0.39, 0.29) is 23.9 Å². The Labute approximate surface area is 96.8 Å². The molecular weight excluding hydrogens is 224 g/mol. The first-order valence-corrected chi connectivity index (χ1v) is 5.16. The summed E-state index contributed by atoms with van der Waals surface area (Å²) in [5.41, 5.74) is 0.524. The smallest absolute Gasteiger partial charge is 0.269 e. The lowest BCUT2D eigenvalue weighted by molar-refractivity contribution is -0.384. The SMILES string of the molecule is O=C1CCC(c2cccc([N+](=O)[O-])c2)C(=O)N1. The predicted octanol–water partition coefficient (Wildman–Crippen LogP) is 1.11. The lowest BCUT2D eigenvalue weighted by atomic mass is 9.90. The monoisotopic (exact) mass is 234 g/mol. The second-order valence-corrected chi connectivity index (χ2v) is 3.86. The summed E-state index contributed by atoms with van der Waals surface area (Å²) >= 11 is 0. The van der Waals surface area contributed by atoms with Gasteiger partial charge in [0, 0.05) is 18.6 Å². The molecule has 1 aromatic carbocycles. The largest absolute Gasteiger partial charge is 0.296 e. The minimum absolute atomic E-state index is 0.0489. The van der Waals surface area contributed by atoms with E-state index in [4.69, 9.17) is 0 Å². The first kappa shape index (κ1) is 11.3. The van der Waals surface area contributed by atoms with Crippen LogP contribution in [0.4, 0.5) is 5.69 Å². The molecule has 0 radical (unpaired) electrons. The molecule has 0 spiro atoms. The minimum atomic E-state index is -0.505. The molecule has 1 unspecified atom stereocenters. The van der Waals surface area contributed by atoms with Gasteiger partial charge < -0.3 is 0 Å². The van der Waals surface area contributed by atoms with Gasteiger partial charge in [0.05, 0.1) is 10.8 Å². The van der Waals surface area contributed by atoms with Gasteiger partial charge in [-0.05, 0) is 12.0 Å². The maximum absolute atomic E-state index is 11.6. The van der Waals surface area contributed by atoms with Crippen molar-refractivity contribution in [1.82, 2.24) is 5.32 Å². The summed E-state index contributed by atoms with van der Waals surface area (Å²) in [6.07, 6.45) is 0.658. The molecule has 1 fully saturated rings. The van der Waals surface area contributed by atoms with Crippen LogP contribution >= 0.6 is 0 Å². The van der Waals surface area contributed by atoms with Crippen LogP contribution in [-0.2, 0) is 9.59 Å². The molecule has 6 heteroatoms. The van der Waals surface area contributed by atoms with E-state index in [1.807, 2.05) is 0 Å². The number of benzene rings is 1. The number of carbonyl (C=O) groups is 2. The van der Waals surface area contributed by atoms with Crippen molar-refractivity contribution in [3.05, 3.63) is 39.9 Å². The summed E-state index contributed by atoms with van der Waals surface area (Å²) in [5.74, 6) is -1.16. The Morgan fingerprint density at radius 2 is 2.12 bits per heavy atom. The number of carbonyl (C=O) groups excluding carboxylic acids is 2. The van der Waals surface area contributed by atoms with Crippen molar-refractivity contribution in [2.45, 2.75) is 18.8 Å². The van der Waals surface area contributed by atoms with Crippen molar-refractivity contribution in [3.63, 3.8) is 0 Å². The van der Waals surface area contributed by atoms with Gasteiger partial charge in [-0.15, -0.1) is 0 Å². The van der Waals surface area contributed by atoms with Crippen LogP contribution in [0.3, 0.4) is 0 Å². The maximum Gasteiger partial charge on any atom is 0.269 e. The molecule has 0 bridgehead atoms. The van der Waals surface area contributed by atoms with Crippen molar-refractivity contribution >= 4 is 17.5 Å². The molecule has 6 nitrogen and oxygen atoms in total. The van der Waals surface area contributed by atoms with Gasteiger partial charge in [0.25, 0.3) is 5.69 Å². The van der Waals surface area contributed by atoms with Gasteiger partial charge in [-0.2, -0.15) is 0 Å². The normalized spacial score (nSPS) is 19.9. The summed E-state index contributed by atoms with van der Waals surface area (Å²) in [6, 6.07) is 5.94. The Morgan fingerprint density at radius 3 is 2.76 bits per heavy atom. The lowest BCUT2D eigenvalue weighted by Crippen LogP contribution is -2.39. The molecule has 17 heavy (non-hydrogen) atoms. The predicted molar refractivity (Wildman–Crippen MR) is 58.2 cm³/mol. The number of piperidine rings is 1. The van der Waals surface area contributed by atoms with E-state index in [1.54, 1.807) is 6.07 Å². The van der Waals surface area contributed by atoms with Gasteiger partial charge in [-0.25, -0.2) is 0 Å². The Kier molecular flexibility index (Phi) is 2.86. The minimum Gasteiger partial charge on any atom is -0.296 e. The van der Waals surface area contributed by atoms with Crippen LogP contribution in [-0.4, -0.2) is 16.7 Å². The summed E-state index contributed by atoms with van der Waals surface area (Å²) in [6.45, 7) is 0. The third-order valence-corrected chi connectivity index (χ3v) is 2.72. The van der Waals surface area contributed by atoms with E-state index >= 15 is 0 Å². The van der Waals surface area contributed by atoms with Gasteiger partial charge >= 0.3 is 0 Å². The van der Waals surface area contributed by atoms with Crippen LogP contribution in [0.25, 0.3) is 0 Å². The third-order valence-electron chi connectivity index (χ3n) is 2.72. The van der Waals surface area contributed by atoms with E-state index in [0.717, 1.165) is 0 Å². The Balaban J connectivity index is 2.28. The molecule has 1 atom stereocenters. The molecule has 88 valence electrons. The zero-order chi connectivity index (χ0) is 12.4. The fourth-order valence-corrected chi connectivity index (χ4v) is 1.87. The first-order chi connectivity index (χ1) is 8.08. The van der Waals surface area contributed by atoms with Crippen molar-refractivity contribution in [1.29, 1.82) is 0 Å². The van der Waals surface area contributed by atoms with Crippen molar-refractivity contribution in [2.75, 3.05) is 0 Å². The van der Waals surface area contributed by atoms with Crippen LogP contribution in [0.15, 0.2) is 24.3 Å². The second-order valence-electron chi connectivity index (χ2n) is 3.86. The average Bonchev–Trinajstić information content (AvgIpc) is 2.29. The van der Waals surface area contributed by atoms with Gasteiger partial charge in [-0.1, -0.05) is 12.1 Å². The fraction of sp³-hybridized carbons (Fsp3) is 0.273. The Hall–Kier alpha value is -2.24. The maximum atomic E-state index is 11.6. The number of imide groups is 1. The number of rotatable bonds is 2. The Morgan fingerprint density at radius 1 is 1.35 bits per heavy atom. The van der Waals surface area contributed by atoms with Gasteiger partial charge in [0.2, 0.25) is 11.8 Å². The molecule has 0 saturated carbocycles. The fourth-order valence-electron chi connectivity index (χ4n) is 1.87. The number of non-ortho nitro benzene ring substituents is 1. The zero-order valence-corrected chi connectivity index (χ0v) is 8.88. The molecule has 2 rings (SSSR count). The number of nitrogens with one attached hydrogen (secondary N) is 1. The summed E-state index contributed by atoms with van der Waals surface area (Å²) in [7, 11) is 0. The summed E-state index contributed by atoms with van der Waals surface area (Å²) in [4.78, 5) is 32.7. The summed E-state index contributed by atoms with van der Waals surface area (Å²) in [5, 5.41) is 12.8. The van der Waals surface area contributed by atoms with Crippen molar-refractivity contribution in [3.8, 4) is 0 Å². The number of amides is 2. The highest BCUT2D eigenvalue weighted by atomic mass is 16.6. The van der Waals surface area contributed by atoms with Crippen LogP contribution in [0, 0.1) is 10.1 Å². The molecule has 0 aliphatic carbocycles. The number of nitro benzene ring substituents is 1. The zero-order valence-electron chi connectivity index (χ0n) is 8.88. The highest BCUT2D eigenvalue weighted by molar-refractivity contribution is 6.00. The van der Waals surface area contributed by atoms with E-state index in [0.29, 0.717) is 12.0 Å². The lowest BCUT2D eigenvalue weighted by Gasteiger charge is -2.20. The van der Waals surface area contributed by atoms with E-state index in [9.17, 15) is 19.7 Å². The number of nitrogens with zero attached hydrogens (tertiary/aromatic N) is 1. The molecular formula is C11H10N2O4. The van der Waals surface area contributed by atoms with Crippen molar-refractivity contribution in [2.24, 2.45) is 0 Å². The van der Waals surface area contributed by atoms with E-state index < -0.39 is 10.8 Å². The van der Waals surface area contributed by atoms with Crippen LogP contribution in [0.5, 0.6) is 0 Å². The highest BCUT2D eigenvalue weighted by Crippen LogP contribution is 2.27. The van der Waals surface area contributed by atoms with Gasteiger partial charge in [0.15, 0.2) is 0 Å². The third kappa shape index (κ3) is 2.30. The molecule has 0 aromatic heterocycles. The topological polar surface area (TPSA) is 89.3 Å². The number of hydrogen-bond acceptors (Lipinski definition) is 4. The van der Waals surface area contributed by atoms with E-state index in [1.165, 1.54) is 18.2 Å².